The van der Waals surface area contributed by atoms with Crippen LogP contribution in [0.3, 0.4) is 0 Å². The molecule has 0 bridgehead atoms. The first-order chi connectivity index (χ1) is 9.28. The van der Waals surface area contributed by atoms with Crippen LogP contribution in [0.25, 0.3) is 0 Å². The first-order valence-electron chi connectivity index (χ1n) is 6.28. The number of benzene rings is 1. The molecule has 1 N–H and O–H groups in total. The molecule has 102 valence electrons. The zero-order valence-corrected chi connectivity index (χ0v) is 13.2. The van der Waals surface area contributed by atoms with Gasteiger partial charge in [0.05, 0.1) is 0 Å². The van der Waals surface area contributed by atoms with Crippen LogP contribution in [0.2, 0.25) is 5.02 Å². The van der Waals surface area contributed by atoms with Crippen molar-refractivity contribution in [2.45, 2.75) is 24.9 Å². The van der Waals surface area contributed by atoms with Crippen molar-refractivity contribution >= 4 is 39.8 Å². The van der Waals surface area contributed by atoms with Gasteiger partial charge < -0.3 is 5.32 Å². The summed E-state index contributed by atoms with van der Waals surface area (Å²) in [6.07, 6.45) is 3.09. The van der Waals surface area contributed by atoms with Crippen molar-refractivity contribution in [3.8, 4) is 0 Å². The fraction of sp³-hybridized carbons (Fsp3) is 0.357. The van der Waals surface area contributed by atoms with Crippen LogP contribution in [0.4, 0.5) is 5.13 Å². The summed E-state index contributed by atoms with van der Waals surface area (Å²) in [5.41, 5.74) is 1.31. The number of nitrogens with zero attached hydrogens (tertiary/aromatic N) is 1. The lowest BCUT2D eigenvalue weighted by Gasteiger charge is -2.00. The molecule has 0 fully saturated rings. The number of hydrogen-bond donors (Lipinski definition) is 1. The maximum absolute atomic E-state index is 5.87. The predicted molar refractivity (Wildman–Crippen MR) is 87.3 cm³/mol. The molecule has 5 heteroatoms. The van der Waals surface area contributed by atoms with Crippen LogP contribution in [0.15, 0.2) is 30.5 Å². The van der Waals surface area contributed by atoms with E-state index in [4.69, 9.17) is 11.6 Å². The number of rotatable bonds is 7. The second-order valence-electron chi connectivity index (χ2n) is 4.18. The lowest BCUT2D eigenvalue weighted by atomic mass is 10.2. The molecular formula is C14H17ClN2S2. The summed E-state index contributed by atoms with van der Waals surface area (Å²) in [6, 6.07) is 8.04. The molecule has 19 heavy (non-hydrogen) atoms. The Morgan fingerprint density at radius 3 is 2.79 bits per heavy atom. The molecule has 0 spiro atoms. The van der Waals surface area contributed by atoms with Gasteiger partial charge in [-0.3, -0.25) is 0 Å². The number of thioether (sulfide) groups is 1. The fourth-order valence-corrected chi connectivity index (χ4v) is 3.59. The van der Waals surface area contributed by atoms with Crippen molar-refractivity contribution in [1.29, 1.82) is 0 Å². The highest BCUT2D eigenvalue weighted by molar-refractivity contribution is 7.97. The van der Waals surface area contributed by atoms with Crippen LogP contribution in [-0.4, -0.2) is 11.5 Å². The zero-order valence-electron chi connectivity index (χ0n) is 10.9. The summed E-state index contributed by atoms with van der Waals surface area (Å²) in [6.45, 7) is 3.15. The van der Waals surface area contributed by atoms with E-state index in [1.54, 1.807) is 11.3 Å². The fourth-order valence-electron chi connectivity index (χ4n) is 1.54. The molecule has 1 aromatic carbocycles. The summed E-state index contributed by atoms with van der Waals surface area (Å²) in [7, 11) is 0. The molecule has 0 saturated carbocycles. The minimum Gasteiger partial charge on any atom is -0.362 e. The van der Waals surface area contributed by atoms with E-state index >= 15 is 0 Å². The summed E-state index contributed by atoms with van der Waals surface area (Å²) < 4.78 is 0. The van der Waals surface area contributed by atoms with Crippen molar-refractivity contribution < 1.29 is 0 Å². The van der Waals surface area contributed by atoms with E-state index in [1.165, 1.54) is 10.4 Å². The first kappa shape index (κ1) is 14.7. The van der Waals surface area contributed by atoms with Crippen molar-refractivity contribution in [3.05, 3.63) is 45.9 Å². The van der Waals surface area contributed by atoms with E-state index in [0.717, 1.165) is 34.6 Å². The maximum atomic E-state index is 5.87. The molecule has 0 aliphatic heterocycles. The normalized spacial score (nSPS) is 10.6. The van der Waals surface area contributed by atoms with Crippen molar-refractivity contribution in [3.63, 3.8) is 0 Å². The first-order valence-corrected chi connectivity index (χ1v) is 8.63. The van der Waals surface area contributed by atoms with E-state index in [9.17, 15) is 0 Å². The van der Waals surface area contributed by atoms with E-state index in [2.05, 4.69) is 29.4 Å². The average Bonchev–Trinajstić information content (AvgIpc) is 2.87. The van der Waals surface area contributed by atoms with Gasteiger partial charge in [0.2, 0.25) is 0 Å². The molecule has 1 heterocycles. The Morgan fingerprint density at radius 2 is 2.05 bits per heavy atom. The summed E-state index contributed by atoms with van der Waals surface area (Å²) >= 11 is 9.51. The third-order valence-electron chi connectivity index (χ3n) is 2.51. The molecule has 0 aliphatic rings. The summed E-state index contributed by atoms with van der Waals surface area (Å²) in [5.74, 6) is 2.01. The Labute approximate surface area is 127 Å². The van der Waals surface area contributed by atoms with Crippen LogP contribution in [-0.2, 0) is 11.5 Å². The second-order valence-corrected chi connectivity index (χ2v) is 6.72. The van der Waals surface area contributed by atoms with E-state index in [-0.39, 0.29) is 0 Å². The number of hydrogen-bond acceptors (Lipinski definition) is 4. The van der Waals surface area contributed by atoms with E-state index in [1.807, 2.05) is 30.1 Å². The standard InChI is InChI=1S/C14H17ClN2S2/c1-2-7-16-14-17-8-13(19-14)10-18-9-11-3-5-12(15)6-4-11/h3-6,8H,2,7,9-10H2,1H3,(H,16,17). The third-order valence-corrected chi connectivity index (χ3v) is 4.95. The van der Waals surface area contributed by atoms with Crippen molar-refractivity contribution in [2.24, 2.45) is 0 Å². The summed E-state index contributed by atoms with van der Waals surface area (Å²) in [4.78, 5) is 5.68. The maximum Gasteiger partial charge on any atom is 0.182 e. The smallest absolute Gasteiger partial charge is 0.182 e. The number of aromatic nitrogens is 1. The van der Waals surface area contributed by atoms with Crippen LogP contribution in [0.5, 0.6) is 0 Å². The SMILES string of the molecule is CCCNc1ncc(CSCc2ccc(Cl)cc2)s1. The number of thiazole rings is 1. The van der Waals surface area contributed by atoms with Gasteiger partial charge in [-0.05, 0) is 24.1 Å². The molecule has 0 radical (unpaired) electrons. The minimum absolute atomic E-state index is 0.794. The number of nitrogens with one attached hydrogen (secondary N) is 1. The molecule has 2 nitrogen and oxygen atoms in total. The highest BCUT2D eigenvalue weighted by Crippen LogP contribution is 2.25. The Hall–Kier alpha value is -0.710. The second kappa shape index (κ2) is 7.78. The van der Waals surface area contributed by atoms with Gasteiger partial charge in [0.15, 0.2) is 5.13 Å². The Morgan fingerprint density at radius 1 is 1.26 bits per heavy atom. The molecule has 2 rings (SSSR count). The largest absolute Gasteiger partial charge is 0.362 e. The molecule has 0 saturated heterocycles. The van der Waals surface area contributed by atoms with Gasteiger partial charge in [-0.25, -0.2) is 4.98 Å². The lowest BCUT2D eigenvalue weighted by molar-refractivity contribution is 0.976. The highest BCUT2D eigenvalue weighted by atomic mass is 35.5. The number of halogens is 1. The Balaban J connectivity index is 1.76. The Kier molecular flexibility index (Phi) is 6.01. The van der Waals surface area contributed by atoms with Gasteiger partial charge in [-0.15, -0.1) is 11.3 Å². The van der Waals surface area contributed by atoms with Crippen molar-refractivity contribution in [1.82, 2.24) is 4.98 Å². The quantitative estimate of drug-likeness (QED) is 0.774. The van der Waals surface area contributed by atoms with Crippen molar-refractivity contribution in [2.75, 3.05) is 11.9 Å². The monoisotopic (exact) mass is 312 g/mol. The van der Waals surface area contributed by atoms with Gasteiger partial charge in [-0.2, -0.15) is 11.8 Å². The minimum atomic E-state index is 0.794. The molecular weight excluding hydrogens is 296 g/mol. The van der Waals surface area contributed by atoms with Gasteiger partial charge in [-0.1, -0.05) is 30.7 Å². The van der Waals surface area contributed by atoms with Gasteiger partial charge in [0.25, 0.3) is 0 Å². The highest BCUT2D eigenvalue weighted by Gasteiger charge is 2.02. The molecule has 0 unspecified atom stereocenters. The molecule has 0 aliphatic carbocycles. The Bertz CT molecular complexity index is 496. The third kappa shape index (κ3) is 5.05. The number of anilines is 1. The zero-order chi connectivity index (χ0) is 13.5. The predicted octanol–water partition coefficient (Wildman–Crippen LogP) is 5.05. The molecule has 0 amide bonds. The summed E-state index contributed by atoms with van der Waals surface area (Å²) in [5, 5.41) is 5.14. The van der Waals surface area contributed by atoms with Gasteiger partial charge >= 0.3 is 0 Å². The lowest BCUT2D eigenvalue weighted by Crippen LogP contribution is -1.97. The molecule has 1 aromatic heterocycles. The van der Waals surface area contributed by atoms with Gasteiger partial charge in [0.1, 0.15) is 0 Å². The van der Waals surface area contributed by atoms with E-state index in [0.29, 0.717) is 0 Å². The average molecular weight is 313 g/mol. The molecule has 2 aromatic rings. The van der Waals surface area contributed by atoms with Crippen LogP contribution in [0.1, 0.15) is 23.8 Å². The molecule has 0 atom stereocenters. The van der Waals surface area contributed by atoms with Gasteiger partial charge in [0, 0.05) is 34.1 Å². The van der Waals surface area contributed by atoms with E-state index < -0.39 is 0 Å². The van der Waals surface area contributed by atoms with Crippen LogP contribution >= 0.6 is 34.7 Å². The van der Waals surface area contributed by atoms with Crippen LogP contribution < -0.4 is 5.32 Å². The topological polar surface area (TPSA) is 24.9 Å². The van der Waals surface area contributed by atoms with Crippen LogP contribution in [0, 0.1) is 0 Å².